The topological polar surface area (TPSA) is 55.4 Å². The standard InChI is InChI=1S/C14H19BrFNO3S/c1-9(12-5-4-10(15)6-13(12)16)17-21(18,19)11-7-14(2,3)20-8-11/h4-6,9,11,17H,7-8H2,1-3H3. The third-order valence-electron chi connectivity index (χ3n) is 3.59. The molecule has 2 rings (SSSR count). The summed E-state index contributed by atoms with van der Waals surface area (Å²) in [6, 6.07) is 3.95. The van der Waals surface area contributed by atoms with Crippen LogP contribution in [0.15, 0.2) is 22.7 Å². The summed E-state index contributed by atoms with van der Waals surface area (Å²) in [4.78, 5) is 0. The Hall–Kier alpha value is -0.500. The van der Waals surface area contributed by atoms with E-state index >= 15 is 0 Å². The second-order valence-corrected chi connectivity index (χ2v) is 8.86. The minimum atomic E-state index is -3.56. The van der Waals surface area contributed by atoms with Gasteiger partial charge in [-0.3, -0.25) is 0 Å². The first-order chi connectivity index (χ1) is 9.61. The van der Waals surface area contributed by atoms with Crippen LogP contribution in [0.3, 0.4) is 0 Å². The first-order valence-electron chi connectivity index (χ1n) is 6.71. The van der Waals surface area contributed by atoms with Gasteiger partial charge in [0.15, 0.2) is 0 Å². The molecule has 118 valence electrons. The molecule has 1 aromatic rings. The molecular weight excluding hydrogens is 361 g/mol. The highest BCUT2D eigenvalue weighted by molar-refractivity contribution is 9.10. The van der Waals surface area contributed by atoms with Gasteiger partial charge in [0.1, 0.15) is 11.1 Å². The molecule has 1 saturated heterocycles. The molecule has 0 bridgehead atoms. The summed E-state index contributed by atoms with van der Waals surface area (Å²) in [6.45, 7) is 5.52. The van der Waals surface area contributed by atoms with Crippen LogP contribution in [0.25, 0.3) is 0 Å². The van der Waals surface area contributed by atoms with Gasteiger partial charge in [-0.15, -0.1) is 0 Å². The second kappa shape index (κ2) is 5.95. The zero-order valence-corrected chi connectivity index (χ0v) is 14.6. The lowest BCUT2D eigenvalue weighted by molar-refractivity contribution is 0.0367. The van der Waals surface area contributed by atoms with E-state index in [0.29, 0.717) is 16.5 Å². The maximum atomic E-state index is 13.9. The third-order valence-corrected chi connectivity index (χ3v) is 5.94. The van der Waals surface area contributed by atoms with Gasteiger partial charge in [0, 0.05) is 16.1 Å². The molecule has 21 heavy (non-hydrogen) atoms. The van der Waals surface area contributed by atoms with E-state index in [-0.39, 0.29) is 6.61 Å². The van der Waals surface area contributed by atoms with Crippen LogP contribution in [0.5, 0.6) is 0 Å². The maximum Gasteiger partial charge on any atom is 0.217 e. The van der Waals surface area contributed by atoms with Gasteiger partial charge in [-0.25, -0.2) is 17.5 Å². The van der Waals surface area contributed by atoms with E-state index in [1.807, 2.05) is 13.8 Å². The van der Waals surface area contributed by atoms with Gasteiger partial charge in [0.05, 0.1) is 12.2 Å². The number of hydrogen-bond donors (Lipinski definition) is 1. The van der Waals surface area contributed by atoms with Gasteiger partial charge < -0.3 is 4.74 Å². The number of halogens is 2. The van der Waals surface area contributed by atoms with Crippen molar-refractivity contribution < 1.29 is 17.5 Å². The zero-order valence-electron chi connectivity index (χ0n) is 12.2. The van der Waals surface area contributed by atoms with Gasteiger partial charge in [0.25, 0.3) is 0 Å². The first-order valence-corrected chi connectivity index (χ1v) is 9.05. The van der Waals surface area contributed by atoms with Crippen LogP contribution in [0.4, 0.5) is 4.39 Å². The highest BCUT2D eigenvalue weighted by Gasteiger charge is 2.40. The molecule has 1 heterocycles. The molecule has 1 aliphatic heterocycles. The Morgan fingerprint density at radius 2 is 2.14 bits per heavy atom. The fraction of sp³-hybridized carbons (Fsp3) is 0.571. The Labute approximate surface area is 133 Å². The molecule has 0 amide bonds. The van der Waals surface area contributed by atoms with Crippen molar-refractivity contribution in [2.75, 3.05) is 6.61 Å². The summed E-state index contributed by atoms with van der Waals surface area (Å²) in [6.07, 6.45) is 0.428. The predicted molar refractivity (Wildman–Crippen MR) is 83.0 cm³/mol. The maximum absolute atomic E-state index is 13.9. The molecule has 7 heteroatoms. The summed E-state index contributed by atoms with van der Waals surface area (Å²) in [5, 5.41) is -0.603. The second-order valence-electron chi connectivity index (χ2n) is 5.95. The number of benzene rings is 1. The van der Waals surface area contributed by atoms with Gasteiger partial charge in [0.2, 0.25) is 10.0 Å². The average Bonchev–Trinajstić information content (AvgIpc) is 2.69. The molecule has 0 saturated carbocycles. The SMILES string of the molecule is CC(NS(=O)(=O)C1COC(C)(C)C1)c1ccc(Br)cc1F. The largest absolute Gasteiger partial charge is 0.374 e. The van der Waals surface area contributed by atoms with Gasteiger partial charge in [-0.05, 0) is 39.3 Å². The van der Waals surface area contributed by atoms with Crippen molar-refractivity contribution in [1.29, 1.82) is 0 Å². The summed E-state index contributed by atoms with van der Waals surface area (Å²) in [5.74, 6) is -0.442. The molecule has 2 unspecified atom stereocenters. The summed E-state index contributed by atoms with van der Waals surface area (Å²) in [7, 11) is -3.56. The van der Waals surface area contributed by atoms with Gasteiger partial charge >= 0.3 is 0 Å². The summed E-state index contributed by atoms with van der Waals surface area (Å²) in [5.41, 5.74) is -0.120. The van der Waals surface area contributed by atoms with Crippen molar-refractivity contribution >= 4 is 26.0 Å². The molecular formula is C14H19BrFNO3S. The Kier molecular flexibility index (Phi) is 4.78. The van der Waals surface area contributed by atoms with E-state index in [0.717, 1.165) is 0 Å². The highest BCUT2D eigenvalue weighted by Crippen LogP contribution is 2.30. The number of hydrogen-bond acceptors (Lipinski definition) is 3. The predicted octanol–water partition coefficient (Wildman–Crippen LogP) is 3.14. The lowest BCUT2D eigenvalue weighted by Gasteiger charge is -2.19. The van der Waals surface area contributed by atoms with E-state index in [9.17, 15) is 12.8 Å². The Morgan fingerprint density at radius 1 is 1.48 bits per heavy atom. The normalized spacial score (nSPS) is 23.2. The van der Waals surface area contributed by atoms with Crippen molar-refractivity contribution in [2.45, 2.75) is 44.1 Å². The summed E-state index contributed by atoms with van der Waals surface area (Å²) >= 11 is 3.18. The van der Waals surface area contributed by atoms with Crippen molar-refractivity contribution in [3.05, 3.63) is 34.1 Å². The number of rotatable bonds is 4. The number of sulfonamides is 1. The van der Waals surface area contributed by atoms with Crippen LogP contribution in [0, 0.1) is 5.82 Å². The molecule has 1 aliphatic rings. The van der Waals surface area contributed by atoms with E-state index in [1.165, 1.54) is 6.07 Å². The van der Waals surface area contributed by atoms with E-state index in [1.54, 1.807) is 19.1 Å². The van der Waals surface area contributed by atoms with Crippen molar-refractivity contribution in [1.82, 2.24) is 4.72 Å². The molecule has 1 N–H and O–H groups in total. The molecule has 4 nitrogen and oxygen atoms in total. The zero-order chi connectivity index (χ0) is 15.8. The van der Waals surface area contributed by atoms with Crippen molar-refractivity contribution in [3.63, 3.8) is 0 Å². The highest BCUT2D eigenvalue weighted by atomic mass is 79.9. The third kappa shape index (κ3) is 4.03. The summed E-state index contributed by atoms with van der Waals surface area (Å²) < 4.78 is 47.2. The molecule has 0 radical (unpaired) electrons. The molecule has 0 aromatic heterocycles. The fourth-order valence-corrected chi connectivity index (χ4v) is 4.46. The molecule has 0 spiro atoms. The lowest BCUT2D eigenvalue weighted by Crippen LogP contribution is -2.37. The van der Waals surface area contributed by atoms with Crippen molar-refractivity contribution in [2.24, 2.45) is 0 Å². The van der Waals surface area contributed by atoms with Crippen LogP contribution < -0.4 is 4.72 Å². The molecule has 2 atom stereocenters. The average molecular weight is 380 g/mol. The quantitative estimate of drug-likeness (QED) is 0.873. The first kappa shape index (κ1) is 16.9. The molecule has 0 aliphatic carbocycles. The fourth-order valence-electron chi connectivity index (χ4n) is 2.44. The minimum Gasteiger partial charge on any atom is -0.374 e. The van der Waals surface area contributed by atoms with Crippen LogP contribution in [0.2, 0.25) is 0 Å². The van der Waals surface area contributed by atoms with Crippen LogP contribution in [-0.4, -0.2) is 25.9 Å². The van der Waals surface area contributed by atoms with Crippen LogP contribution in [0.1, 0.15) is 38.8 Å². The Morgan fingerprint density at radius 3 is 2.67 bits per heavy atom. The molecule has 1 aromatic carbocycles. The van der Waals surface area contributed by atoms with Gasteiger partial charge in [-0.1, -0.05) is 22.0 Å². The van der Waals surface area contributed by atoms with Crippen LogP contribution in [-0.2, 0) is 14.8 Å². The van der Waals surface area contributed by atoms with E-state index < -0.39 is 32.7 Å². The monoisotopic (exact) mass is 379 g/mol. The molecule has 1 fully saturated rings. The van der Waals surface area contributed by atoms with Crippen LogP contribution >= 0.6 is 15.9 Å². The smallest absolute Gasteiger partial charge is 0.217 e. The van der Waals surface area contributed by atoms with Crippen molar-refractivity contribution in [3.8, 4) is 0 Å². The Balaban J connectivity index is 2.13. The number of nitrogens with one attached hydrogen (secondary N) is 1. The number of ether oxygens (including phenoxy) is 1. The lowest BCUT2D eigenvalue weighted by atomic mass is 10.1. The minimum absolute atomic E-state index is 0.165. The van der Waals surface area contributed by atoms with E-state index in [2.05, 4.69) is 20.7 Å². The van der Waals surface area contributed by atoms with Gasteiger partial charge in [-0.2, -0.15) is 0 Å². The van der Waals surface area contributed by atoms with E-state index in [4.69, 9.17) is 4.74 Å². The Bertz CT molecular complexity index is 633.